The highest BCUT2D eigenvalue weighted by Crippen LogP contribution is 2.37. The molecule has 52 heavy (non-hydrogen) atoms. The Kier molecular flexibility index (Phi) is 11.4. The number of allylic oxidation sites excluding steroid dienone is 2. The Morgan fingerprint density at radius 2 is 1.08 bits per heavy atom. The fraction of sp³-hybridized carbons (Fsp3) is 0.0476. The zero-order valence-corrected chi connectivity index (χ0v) is 28.5. The van der Waals surface area contributed by atoms with Crippen LogP contribution in [0.1, 0.15) is 33.4 Å². The summed E-state index contributed by atoms with van der Waals surface area (Å²) in [6.45, 7) is 0. The molecule has 10 heteroatoms. The molecule has 0 atom stereocenters. The van der Waals surface area contributed by atoms with Crippen molar-refractivity contribution in [3.8, 4) is 16.9 Å². The van der Waals surface area contributed by atoms with Crippen molar-refractivity contribution in [3.05, 3.63) is 204 Å². The van der Waals surface area contributed by atoms with Crippen molar-refractivity contribution in [1.29, 1.82) is 0 Å². The fourth-order valence-electron chi connectivity index (χ4n) is 6.14. The van der Waals surface area contributed by atoms with Crippen molar-refractivity contribution >= 4 is 54.0 Å². The van der Waals surface area contributed by atoms with Gasteiger partial charge in [0, 0.05) is 17.2 Å². The highest BCUT2D eigenvalue weighted by molar-refractivity contribution is 6.30. The summed E-state index contributed by atoms with van der Waals surface area (Å²) in [5.74, 6) is 0.0185. The third-order valence-electron chi connectivity index (χ3n) is 8.61. The average Bonchev–Trinajstić information content (AvgIpc) is 3.80. The molecule has 0 saturated carbocycles. The summed E-state index contributed by atoms with van der Waals surface area (Å²) in [5.41, 5.74) is 11.7. The number of halogens is 1. The van der Waals surface area contributed by atoms with Gasteiger partial charge in [-0.15, -0.1) is 0 Å². The van der Waals surface area contributed by atoms with Crippen molar-refractivity contribution in [2.45, 2.75) is 12.8 Å². The lowest BCUT2D eigenvalue weighted by atomic mass is 9.98. The van der Waals surface area contributed by atoms with Crippen molar-refractivity contribution < 1.29 is 19.5 Å². The molecule has 2 aliphatic rings. The van der Waals surface area contributed by atoms with Gasteiger partial charge in [-0.2, -0.15) is 0 Å². The summed E-state index contributed by atoms with van der Waals surface area (Å²) in [7, 11) is 0.405. The van der Waals surface area contributed by atoms with Crippen LogP contribution in [0.5, 0.6) is 5.75 Å². The molecule has 6 aromatic rings. The van der Waals surface area contributed by atoms with E-state index < -0.39 is 4.92 Å². The summed E-state index contributed by atoms with van der Waals surface area (Å²) < 4.78 is 4.49. The van der Waals surface area contributed by atoms with Gasteiger partial charge >= 0.3 is 13.4 Å². The third kappa shape index (κ3) is 8.53. The van der Waals surface area contributed by atoms with Gasteiger partial charge in [0.1, 0.15) is 0 Å². The van der Waals surface area contributed by atoms with Gasteiger partial charge in [-0.1, -0.05) is 127 Å². The monoisotopic (exact) mass is 705 g/mol. The van der Waals surface area contributed by atoms with E-state index in [0.717, 1.165) is 23.4 Å². The number of nitro benzene ring substituents is 2. The molecule has 1 N–H and O–H groups in total. The minimum Gasteiger partial charge on any atom is -0.533 e. The molecule has 6 aromatic carbocycles. The highest BCUT2D eigenvalue weighted by Gasteiger charge is 2.19. The van der Waals surface area contributed by atoms with Crippen LogP contribution in [0, 0.1) is 20.2 Å². The molecular formula is C42H31BClN2O6. The van der Waals surface area contributed by atoms with Gasteiger partial charge < -0.3 is 9.68 Å². The van der Waals surface area contributed by atoms with Crippen molar-refractivity contribution in [1.82, 2.24) is 0 Å². The standard InChI is InChI=1S/C21H15NO2.C15H11Cl.C6H5BNO4/c23-22(24)21-9-5-4-8-20(21)17-11-10-16-12-18(14-19(16)13-17)15-6-2-1-3-7-15;16-15-7-6-12-8-13(9-14(12)10-15)11-4-2-1-3-5-11;9-7-12-6-4-2-1-3-5(6)8(10)11/h1-13H,14H2;1-8,10H,9H2;1-4,9H. The van der Waals surface area contributed by atoms with Crippen molar-refractivity contribution in [2.24, 2.45) is 0 Å². The number of benzene rings is 6. The minimum absolute atomic E-state index is 0.0185. The van der Waals surface area contributed by atoms with Crippen molar-refractivity contribution in [2.75, 3.05) is 0 Å². The zero-order valence-electron chi connectivity index (χ0n) is 27.8. The maximum atomic E-state index is 11.3. The molecular weight excluding hydrogens is 675 g/mol. The number of para-hydroxylation sites is 3. The zero-order chi connectivity index (χ0) is 36.5. The van der Waals surface area contributed by atoms with E-state index in [4.69, 9.17) is 16.6 Å². The number of hydrogen-bond donors (Lipinski definition) is 1. The Morgan fingerprint density at radius 1 is 0.577 bits per heavy atom. The second-order valence-electron chi connectivity index (χ2n) is 11.9. The van der Waals surface area contributed by atoms with Crippen LogP contribution in [0.2, 0.25) is 5.02 Å². The number of rotatable bonds is 7. The summed E-state index contributed by atoms with van der Waals surface area (Å²) in [5, 5.41) is 30.7. The molecule has 0 saturated heterocycles. The number of nitrogens with zero attached hydrogens (tertiary/aromatic N) is 2. The van der Waals surface area contributed by atoms with Gasteiger partial charge in [0.15, 0.2) is 5.75 Å². The average molecular weight is 706 g/mol. The van der Waals surface area contributed by atoms with E-state index in [-0.39, 0.29) is 22.0 Å². The quantitative estimate of drug-likeness (QED) is 0.100. The van der Waals surface area contributed by atoms with E-state index in [1.807, 2.05) is 42.5 Å². The molecule has 0 spiro atoms. The minimum atomic E-state index is -0.584. The lowest BCUT2D eigenvalue weighted by Crippen LogP contribution is -2.02. The third-order valence-corrected chi connectivity index (χ3v) is 8.85. The van der Waals surface area contributed by atoms with Gasteiger partial charge in [0.25, 0.3) is 5.69 Å². The Bertz CT molecular complexity index is 2290. The molecule has 8 nitrogen and oxygen atoms in total. The lowest BCUT2D eigenvalue weighted by Gasteiger charge is -2.06. The fourth-order valence-corrected chi connectivity index (χ4v) is 6.33. The molecule has 0 aromatic heterocycles. The Labute approximate surface area is 306 Å². The van der Waals surface area contributed by atoms with Gasteiger partial charge in [0.2, 0.25) is 0 Å². The second-order valence-corrected chi connectivity index (χ2v) is 12.3. The molecule has 0 amide bonds. The molecule has 255 valence electrons. The van der Waals surface area contributed by atoms with Gasteiger partial charge in [-0.25, -0.2) is 0 Å². The summed E-state index contributed by atoms with van der Waals surface area (Å²) >= 11 is 5.99. The highest BCUT2D eigenvalue weighted by atomic mass is 35.5. The first-order valence-electron chi connectivity index (χ1n) is 16.3. The first-order valence-corrected chi connectivity index (χ1v) is 16.7. The van der Waals surface area contributed by atoms with E-state index in [2.05, 4.69) is 77.5 Å². The Balaban J connectivity index is 0.000000144. The molecule has 0 heterocycles. The van der Waals surface area contributed by atoms with Crippen LogP contribution in [0.3, 0.4) is 0 Å². The molecule has 0 aliphatic heterocycles. The predicted molar refractivity (Wildman–Crippen MR) is 208 cm³/mol. The van der Waals surface area contributed by atoms with Crippen LogP contribution in [-0.2, 0) is 12.8 Å². The molecule has 8 rings (SSSR count). The SMILES string of the molecule is Clc1ccc2c(c1)CC(c1ccccc1)=C2.O=[N+]([O-])c1ccccc1-c1ccc2c(c1)CC(c1ccccc1)=C2.O=[N+]([O-])c1ccccc1O[B]O. The van der Waals surface area contributed by atoms with E-state index in [1.54, 1.807) is 24.3 Å². The smallest absolute Gasteiger partial charge is 0.533 e. The largest absolute Gasteiger partial charge is 0.569 e. The number of fused-ring (bicyclic) bond motifs is 2. The maximum absolute atomic E-state index is 11.3. The van der Waals surface area contributed by atoms with Crippen LogP contribution >= 0.6 is 11.6 Å². The Hall–Kier alpha value is -6.29. The summed E-state index contributed by atoms with van der Waals surface area (Å²) in [6.07, 6.45) is 6.29. The molecule has 0 fully saturated rings. The number of nitro groups is 2. The van der Waals surface area contributed by atoms with Crippen LogP contribution in [-0.4, -0.2) is 22.6 Å². The van der Waals surface area contributed by atoms with Gasteiger partial charge in [-0.05, 0) is 93.3 Å². The topological polar surface area (TPSA) is 116 Å². The second kappa shape index (κ2) is 16.6. The predicted octanol–water partition coefficient (Wildman–Crippen LogP) is 10.3. The van der Waals surface area contributed by atoms with E-state index in [1.165, 1.54) is 62.7 Å². The molecule has 1 radical (unpaired) electrons. The first-order chi connectivity index (χ1) is 25.3. The summed E-state index contributed by atoms with van der Waals surface area (Å²) in [4.78, 5) is 20.7. The first kappa shape index (κ1) is 35.5. The van der Waals surface area contributed by atoms with E-state index in [9.17, 15) is 20.2 Å². The van der Waals surface area contributed by atoms with Crippen LogP contribution < -0.4 is 4.65 Å². The van der Waals surface area contributed by atoms with Crippen LogP contribution in [0.4, 0.5) is 11.4 Å². The normalized spacial score (nSPS) is 12.0. The molecule has 0 bridgehead atoms. The van der Waals surface area contributed by atoms with E-state index >= 15 is 0 Å². The molecule has 0 unspecified atom stereocenters. The van der Waals surface area contributed by atoms with Crippen molar-refractivity contribution in [3.63, 3.8) is 0 Å². The molecule has 2 aliphatic carbocycles. The van der Waals surface area contributed by atoms with Crippen LogP contribution in [0.25, 0.3) is 34.4 Å². The van der Waals surface area contributed by atoms with Gasteiger partial charge in [-0.3, -0.25) is 20.2 Å². The summed E-state index contributed by atoms with van der Waals surface area (Å²) in [6, 6.07) is 45.7. The Morgan fingerprint density at radius 3 is 1.65 bits per heavy atom. The van der Waals surface area contributed by atoms with Gasteiger partial charge in [0.05, 0.1) is 15.4 Å². The van der Waals surface area contributed by atoms with E-state index in [0.29, 0.717) is 13.2 Å². The van der Waals surface area contributed by atoms with Crippen LogP contribution in [0.15, 0.2) is 146 Å². The maximum Gasteiger partial charge on any atom is 0.569 e. The lowest BCUT2D eigenvalue weighted by molar-refractivity contribution is -0.385. The number of hydrogen-bond acceptors (Lipinski definition) is 6.